The third-order valence-corrected chi connectivity index (χ3v) is 3.09. The highest BCUT2D eigenvalue weighted by Crippen LogP contribution is 2.14. The monoisotopic (exact) mass is 208 g/mol. The Morgan fingerprint density at radius 3 is 2.73 bits per heavy atom. The fourth-order valence-corrected chi connectivity index (χ4v) is 2.10. The van der Waals surface area contributed by atoms with Gasteiger partial charge in [0.1, 0.15) is 0 Å². The summed E-state index contributed by atoms with van der Waals surface area (Å²) >= 11 is 0. The molecule has 0 unspecified atom stereocenters. The van der Waals surface area contributed by atoms with Gasteiger partial charge < -0.3 is 5.32 Å². The van der Waals surface area contributed by atoms with Crippen molar-refractivity contribution in [3.8, 4) is 0 Å². The number of rotatable bonds is 3. The Morgan fingerprint density at radius 2 is 2.07 bits per heavy atom. The van der Waals surface area contributed by atoms with Gasteiger partial charge in [0.25, 0.3) is 0 Å². The zero-order valence-corrected chi connectivity index (χ0v) is 9.64. The minimum atomic E-state index is 1.02. The molecule has 2 rings (SSSR count). The molecule has 15 heavy (non-hydrogen) atoms. The van der Waals surface area contributed by atoms with Crippen LogP contribution in [0.2, 0.25) is 0 Å². The highest BCUT2D eigenvalue weighted by Gasteiger charge is 2.15. The molecule has 0 amide bonds. The Labute approximate surface area is 91.1 Å². The van der Waals surface area contributed by atoms with Crippen LogP contribution in [0.15, 0.2) is 0 Å². The largest absolute Gasteiger partial charge is 0.314 e. The van der Waals surface area contributed by atoms with Gasteiger partial charge in [0.05, 0.1) is 5.69 Å². The van der Waals surface area contributed by atoms with Crippen LogP contribution in [0.5, 0.6) is 0 Å². The quantitative estimate of drug-likeness (QED) is 0.768. The van der Waals surface area contributed by atoms with Gasteiger partial charge in [0.15, 0.2) is 0 Å². The summed E-state index contributed by atoms with van der Waals surface area (Å²) in [6.07, 6.45) is 1.02. The van der Waals surface area contributed by atoms with Gasteiger partial charge in [-0.05, 0) is 13.3 Å². The van der Waals surface area contributed by atoms with Gasteiger partial charge in [-0.15, -0.1) is 0 Å². The van der Waals surface area contributed by atoms with Crippen LogP contribution in [0, 0.1) is 6.92 Å². The fraction of sp³-hybridized carbons (Fsp3) is 0.727. The van der Waals surface area contributed by atoms with Gasteiger partial charge in [0.2, 0.25) is 0 Å². The van der Waals surface area contributed by atoms with Crippen LogP contribution in [0.3, 0.4) is 0 Å². The Hall–Kier alpha value is -0.870. The Bertz CT molecular complexity index is 312. The Morgan fingerprint density at radius 1 is 1.33 bits per heavy atom. The van der Waals surface area contributed by atoms with E-state index in [9.17, 15) is 0 Å². The SMILES string of the molecule is CCc1n[nH]c(C)c1CN1CCNCC1. The number of nitrogens with zero attached hydrogens (tertiary/aromatic N) is 2. The molecule has 1 aliphatic rings. The van der Waals surface area contributed by atoms with Crippen molar-refractivity contribution in [3.63, 3.8) is 0 Å². The maximum absolute atomic E-state index is 4.33. The topological polar surface area (TPSA) is 44.0 Å². The number of piperazine rings is 1. The number of aromatic nitrogens is 2. The molecule has 0 spiro atoms. The first-order chi connectivity index (χ1) is 7.31. The predicted octanol–water partition coefficient (Wildman–Crippen LogP) is 0.686. The zero-order valence-electron chi connectivity index (χ0n) is 9.64. The number of nitrogens with one attached hydrogen (secondary N) is 2. The second-order valence-electron chi connectivity index (χ2n) is 4.15. The summed E-state index contributed by atoms with van der Waals surface area (Å²) in [5, 5.41) is 10.8. The Balaban J connectivity index is 2.04. The molecule has 0 atom stereocenters. The lowest BCUT2D eigenvalue weighted by Crippen LogP contribution is -2.43. The van der Waals surface area contributed by atoms with Crippen molar-refractivity contribution in [2.24, 2.45) is 0 Å². The molecule has 2 heterocycles. The van der Waals surface area contributed by atoms with Crippen molar-refractivity contribution in [1.82, 2.24) is 20.4 Å². The summed E-state index contributed by atoms with van der Waals surface area (Å²) in [5.74, 6) is 0. The van der Waals surface area contributed by atoms with E-state index in [0.29, 0.717) is 0 Å². The molecule has 0 bridgehead atoms. The lowest BCUT2D eigenvalue weighted by atomic mass is 10.1. The summed E-state index contributed by atoms with van der Waals surface area (Å²) in [6, 6.07) is 0. The van der Waals surface area contributed by atoms with Gasteiger partial charge in [0, 0.05) is 44.0 Å². The van der Waals surface area contributed by atoms with Crippen LogP contribution >= 0.6 is 0 Å². The molecule has 1 fully saturated rings. The van der Waals surface area contributed by atoms with Crippen molar-refractivity contribution in [2.75, 3.05) is 26.2 Å². The number of aryl methyl sites for hydroxylation is 2. The predicted molar refractivity (Wildman–Crippen MR) is 60.8 cm³/mol. The average Bonchev–Trinajstić information content (AvgIpc) is 2.62. The zero-order chi connectivity index (χ0) is 10.7. The van der Waals surface area contributed by atoms with Crippen molar-refractivity contribution in [2.45, 2.75) is 26.8 Å². The molecule has 1 aromatic heterocycles. The molecule has 4 nitrogen and oxygen atoms in total. The first-order valence-electron chi connectivity index (χ1n) is 5.77. The second-order valence-corrected chi connectivity index (χ2v) is 4.15. The molecular formula is C11H20N4. The highest BCUT2D eigenvalue weighted by atomic mass is 15.2. The van der Waals surface area contributed by atoms with E-state index >= 15 is 0 Å². The lowest BCUT2D eigenvalue weighted by Gasteiger charge is -2.27. The molecule has 2 N–H and O–H groups in total. The minimum absolute atomic E-state index is 1.02. The van der Waals surface area contributed by atoms with E-state index in [0.717, 1.165) is 39.1 Å². The van der Waals surface area contributed by atoms with E-state index in [2.05, 4.69) is 34.3 Å². The normalized spacial score (nSPS) is 18.3. The van der Waals surface area contributed by atoms with Gasteiger partial charge in [-0.2, -0.15) is 5.10 Å². The van der Waals surface area contributed by atoms with Crippen LogP contribution in [0.1, 0.15) is 23.9 Å². The van der Waals surface area contributed by atoms with E-state index in [1.807, 2.05) is 0 Å². The molecule has 1 saturated heterocycles. The molecular weight excluding hydrogens is 188 g/mol. The molecule has 0 aliphatic carbocycles. The van der Waals surface area contributed by atoms with Gasteiger partial charge in [-0.25, -0.2) is 0 Å². The van der Waals surface area contributed by atoms with Gasteiger partial charge >= 0.3 is 0 Å². The summed E-state index contributed by atoms with van der Waals surface area (Å²) in [6.45, 7) is 9.84. The van der Waals surface area contributed by atoms with Crippen molar-refractivity contribution >= 4 is 0 Å². The van der Waals surface area contributed by atoms with Gasteiger partial charge in [-0.3, -0.25) is 10.00 Å². The first kappa shape index (κ1) is 10.6. The minimum Gasteiger partial charge on any atom is -0.314 e. The number of hydrogen-bond donors (Lipinski definition) is 2. The average molecular weight is 208 g/mol. The molecule has 1 aliphatic heterocycles. The van der Waals surface area contributed by atoms with Crippen molar-refractivity contribution < 1.29 is 0 Å². The Kier molecular flexibility index (Phi) is 3.38. The van der Waals surface area contributed by atoms with Crippen LogP contribution in [0.25, 0.3) is 0 Å². The van der Waals surface area contributed by atoms with Crippen molar-refractivity contribution in [1.29, 1.82) is 0 Å². The number of hydrogen-bond acceptors (Lipinski definition) is 3. The van der Waals surface area contributed by atoms with Crippen LogP contribution in [-0.2, 0) is 13.0 Å². The van der Waals surface area contributed by atoms with Crippen molar-refractivity contribution in [3.05, 3.63) is 17.0 Å². The standard InChI is InChI=1S/C11H20N4/c1-3-11-10(9(2)13-14-11)8-15-6-4-12-5-7-15/h12H,3-8H2,1-2H3,(H,13,14). The maximum atomic E-state index is 4.33. The van der Waals surface area contributed by atoms with Crippen LogP contribution in [0.4, 0.5) is 0 Å². The third-order valence-electron chi connectivity index (χ3n) is 3.09. The van der Waals surface area contributed by atoms with E-state index in [1.165, 1.54) is 17.0 Å². The van der Waals surface area contributed by atoms with Crippen LogP contribution < -0.4 is 5.32 Å². The number of H-pyrrole nitrogens is 1. The molecule has 4 heteroatoms. The molecule has 1 aromatic rings. The van der Waals surface area contributed by atoms with E-state index in [4.69, 9.17) is 0 Å². The molecule has 0 aromatic carbocycles. The third kappa shape index (κ3) is 2.38. The summed E-state index contributed by atoms with van der Waals surface area (Å²) in [4.78, 5) is 2.49. The first-order valence-corrected chi connectivity index (χ1v) is 5.77. The molecule has 84 valence electrons. The van der Waals surface area contributed by atoms with E-state index < -0.39 is 0 Å². The second kappa shape index (κ2) is 4.77. The van der Waals surface area contributed by atoms with E-state index in [1.54, 1.807) is 0 Å². The number of aromatic amines is 1. The lowest BCUT2D eigenvalue weighted by molar-refractivity contribution is 0.232. The highest BCUT2D eigenvalue weighted by molar-refractivity contribution is 5.24. The summed E-state index contributed by atoms with van der Waals surface area (Å²) < 4.78 is 0. The molecule has 0 radical (unpaired) electrons. The smallest absolute Gasteiger partial charge is 0.0667 e. The molecule has 0 saturated carbocycles. The van der Waals surface area contributed by atoms with Crippen LogP contribution in [-0.4, -0.2) is 41.3 Å². The summed E-state index contributed by atoms with van der Waals surface area (Å²) in [7, 11) is 0. The maximum Gasteiger partial charge on any atom is 0.0667 e. The fourth-order valence-electron chi connectivity index (χ4n) is 2.10. The van der Waals surface area contributed by atoms with Gasteiger partial charge in [-0.1, -0.05) is 6.92 Å². The summed E-state index contributed by atoms with van der Waals surface area (Å²) in [5.41, 5.74) is 3.86. The van der Waals surface area contributed by atoms with E-state index in [-0.39, 0.29) is 0 Å².